The molecule has 35 heavy (non-hydrogen) atoms. The van der Waals surface area contributed by atoms with Crippen molar-refractivity contribution in [3.8, 4) is 0 Å². The first kappa shape index (κ1) is 24.7. The normalized spacial score (nSPS) is 16.8. The van der Waals surface area contributed by atoms with Gasteiger partial charge in [0.05, 0.1) is 0 Å². The third-order valence-corrected chi connectivity index (χ3v) is 6.27. The minimum absolute atomic E-state index is 0.147. The first-order valence-corrected chi connectivity index (χ1v) is 12.3. The van der Waals surface area contributed by atoms with E-state index in [9.17, 15) is 9.59 Å². The van der Waals surface area contributed by atoms with E-state index in [0.717, 1.165) is 25.2 Å². The number of nitrogens with zero attached hydrogens (tertiary/aromatic N) is 1. The van der Waals surface area contributed by atoms with Crippen molar-refractivity contribution in [2.45, 2.75) is 51.8 Å². The Balaban J connectivity index is 1.31. The van der Waals surface area contributed by atoms with Crippen LogP contribution in [0.3, 0.4) is 0 Å². The molecular weight excluding hydrogens is 438 g/mol. The lowest BCUT2D eigenvalue weighted by molar-refractivity contribution is -0.153. The lowest BCUT2D eigenvalue weighted by Crippen LogP contribution is -2.35. The van der Waals surface area contributed by atoms with Gasteiger partial charge in [0.2, 0.25) is 0 Å². The maximum atomic E-state index is 12.4. The molecule has 4 rings (SSSR count). The molecule has 3 aromatic carbocycles. The smallest absolute Gasteiger partial charge is 0.325 e. The van der Waals surface area contributed by atoms with Gasteiger partial charge in [-0.05, 0) is 74.7 Å². The first-order chi connectivity index (χ1) is 16.7. The average Bonchev–Trinajstić information content (AvgIpc) is 3.29. The number of fused-ring (bicyclic) bond motifs is 1. The number of amides is 1. The third kappa shape index (κ3) is 6.40. The number of carbonyl (C=O) groups is 2. The van der Waals surface area contributed by atoms with Gasteiger partial charge in [0.1, 0.15) is 12.1 Å². The summed E-state index contributed by atoms with van der Waals surface area (Å²) in [4.78, 5) is 26.6. The maximum absolute atomic E-state index is 12.4. The van der Waals surface area contributed by atoms with Gasteiger partial charge in [-0.15, -0.1) is 0 Å². The fraction of sp³-hybridized carbons (Fsp3) is 0.379. The summed E-state index contributed by atoms with van der Waals surface area (Å²) in [6.07, 6.45) is 1.06. The van der Waals surface area contributed by atoms with Crippen LogP contribution in [0.1, 0.15) is 56.1 Å². The molecule has 184 valence electrons. The quantitative estimate of drug-likeness (QED) is 0.481. The molecule has 6 heteroatoms. The summed E-state index contributed by atoms with van der Waals surface area (Å²) in [6, 6.07) is 23.2. The van der Waals surface area contributed by atoms with E-state index in [1.54, 1.807) is 32.9 Å². The monoisotopic (exact) mass is 473 g/mol. The summed E-state index contributed by atoms with van der Waals surface area (Å²) in [5.74, 6) is -0.733. The van der Waals surface area contributed by atoms with Crippen LogP contribution in [0.2, 0.25) is 0 Å². The number of benzene rings is 3. The Morgan fingerprint density at radius 3 is 2.49 bits per heavy atom. The predicted octanol–water partition coefficient (Wildman–Crippen LogP) is 4.84. The first-order valence-electron chi connectivity index (χ1n) is 12.3. The molecule has 1 saturated heterocycles. The third-order valence-electron chi connectivity index (χ3n) is 6.27. The van der Waals surface area contributed by atoms with Gasteiger partial charge in [-0.2, -0.15) is 0 Å². The van der Waals surface area contributed by atoms with Gasteiger partial charge in [-0.3, -0.25) is 9.59 Å². The number of esters is 1. The van der Waals surface area contributed by atoms with Crippen LogP contribution >= 0.6 is 0 Å². The molecule has 1 aliphatic rings. The average molecular weight is 474 g/mol. The van der Waals surface area contributed by atoms with Crippen molar-refractivity contribution < 1.29 is 14.3 Å². The number of nitrogens with one attached hydrogen (secondary N) is 2. The van der Waals surface area contributed by atoms with Gasteiger partial charge in [0.25, 0.3) is 5.91 Å². The molecule has 0 saturated carbocycles. The van der Waals surface area contributed by atoms with Crippen LogP contribution in [0.5, 0.6) is 0 Å². The molecule has 0 radical (unpaired) electrons. The van der Waals surface area contributed by atoms with Crippen molar-refractivity contribution >= 4 is 28.3 Å². The Kier molecular flexibility index (Phi) is 7.41. The van der Waals surface area contributed by atoms with Crippen LogP contribution in [-0.2, 0) is 9.53 Å². The molecule has 0 unspecified atom stereocenters. The highest BCUT2D eigenvalue weighted by molar-refractivity contribution is 5.96. The van der Waals surface area contributed by atoms with E-state index < -0.39 is 11.6 Å². The van der Waals surface area contributed by atoms with Gasteiger partial charge >= 0.3 is 5.97 Å². The molecule has 1 amide bonds. The summed E-state index contributed by atoms with van der Waals surface area (Å²) in [6.45, 7) is 9.36. The number of rotatable bonds is 7. The summed E-state index contributed by atoms with van der Waals surface area (Å²) < 4.78 is 5.23. The molecule has 1 fully saturated rings. The minimum Gasteiger partial charge on any atom is -0.459 e. The number of hydrogen-bond donors (Lipinski definition) is 2. The Bertz CT molecular complexity index is 1180. The van der Waals surface area contributed by atoms with E-state index in [1.807, 2.05) is 12.1 Å². The highest BCUT2D eigenvalue weighted by Gasteiger charge is 2.25. The molecular formula is C29H35N3O3. The van der Waals surface area contributed by atoms with E-state index in [-0.39, 0.29) is 18.5 Å². The van der Waals surface area contributed by atoms with Crippen molar-refractivity contribution in [2.75, 3.05) is 24.5 Å². The van der Waals surface area contributed by atoms with E-state index in [2.05, 4.69) is 64.9 Å². The van der Waals surface area contributed by atoms with Crippen molar-refractivity contribution in [3.63, 3.8) is 0 Å². The molecule has 0 spiro atoms. The van der Waals surface area contributed by atoms with Gasteiger partial charge in [0, 0.05) is 36.4 Å². The molecule has 0 bridgehead atoms. The SMILES string of the molecule is C[C@@H](N[C@@H]1CCN(c2ccc(C(=O)NCC(=O)OC(C)(C)C)cc2)C1)c1cccc2ccccc12. The van der Waals surface area contributed by atoms with E-state index >= 15 is 0 Å². The molecule has 1 aliphatic heterocycles. The molecule has 6 nitrogen and oxygen atoms in total. The van der Waals surface area contributed by atoms with Crippen LogP contribution in [0.4, 0.5) is 5.69 Å². The Labute approximate surface area is 207 Å². The van der Waals surface area contributed by atoms with Crippen molar-refractivity contribution in [2.24, 2.45) is 0 Å². The summed E-state index contributed by atoms with van der Waals surface area (Å²) in [5.41, 5.74) is 2.37. The fourth-order valence-electron chi connectivity index (χ4n) is 4.66. The Morgan fingerprint density at radius 2 is 1.74 bits per heavy atom. The van der Waals surface area contributed by atoms with Gasteiger partial charge in [-0.1, -0.05) is 42.5 Å². The van der Waals surface area contributed by atoms with Gasteiger partial charge in [0.15, 0.2) is 0 Å². The van der Waals surface area contributed by atoms with Crippen molar-refractivity contribution in [3.05, 3.63) is 77.9 Å². The van der Waals surface area contributed by atoms with Crippen LogP contribution < -0.4 is 15.5 Å². The maximum Gasteiger partial charge on any atom is 0.325 e. The minimum atomic E-state index is -0.571. The lowest BCUT2D eigenvalue weighted by atomic mass is 9.99. The van der Waals surface area contributed by atoms with Gasteiger partial charge in [-0.25, -0.2) is 0 Å². The molecule has 0 aliphatic carbocycles. The zero-order chi connectivity index (χ0) is 25.0. The summed E-state index contributed by atoms with van der Waals surface area (Å²) in [7, 11) is 0. The topological polar surface area (TPSA) is 70.7 Å². The lowest BCUT2D eigenvalue weighted by Gasteiger charge is -2.23. The second-order valence-electron chi connectivity index (χ2n) is 10.2. The van der Waals surface area contributed by atoms with E-state index in [0.29, 0.717) is 11.6 Å². The van der Waals surface area contributed by atoms with Crippen molar-refractivity contribution in [1.29, 1.82) is 0 Å². The van der Waals surface area contributed by atoms with Crippen LogP contribution in [-0.4, -0.2) is 43.2 Å². The summed E-state index contributed by atoms with van der Waals surface area (Å²) >= 11 is 0. The Hall–Kier alpha value is -3.38. The highest BCUT2D eigenvalue weighted by Crippen LogP contribution is 2.27. The standard InChI is InChI=1S/C29H35N3O3/c1-20(25-11-7-9-21-8-5-6-10-26(21)25)31-23-16-17-32(19-23)24-14-12-22(13-15-24)28(34)30-18-27(33)35-29(2,3)4/h5-15,20,23,31H,16-19H2,1-4H3,(H,30,34)/t20-,23-/m1/s1. The molecule has 2 atom stereocenters. The number of ether oxygens (including phenoxy) is 1. The van der Waals surface area contributed by atoms with Crippen LogP contribution in [0, 0.1) is 0 Å². The number of hydrogen-bond acceptors (Lipinski definition) is 5. The Morgan fingerprint density at radius 1 is 1.03 bits per heavy atom. The van der Waals surface area contributed by atoms with Crippen LogP contribution in [0.15, 0.2) is 66.7 Å². The fourth-order valence-corrected chi connectivity index (χ4v) is 4.66. The van der Waals surface area contributed by atoms with E-state index in [4.69, 9.17) is 4.74 Å². The molecule has 1 heterocycles. The highest BCUT2D eigenvalue weighted by atomic mass is 16.6. The molecule has 0 aromatic heterocycles. The van der Waals surface area contributed by atoms with Crippen LogP contribution in [0.25, 0.3) is 10.8 Å². The van der Waals surface area contributed by atoms with Gasteiger partial charge < -0.3 is 20.3 Å². The predicted molar refractivity (Wildman–Crippen MR) is 141 cm³/mol. The van der Waals surface area contributed by atoms with Crippen molar-refractivity contribution in [1.82, 2.24) is 10.6 Å². The molecule has 3 aromatic rings. The number of anilines is 1. The van der Waals surface area contributed by atoms with E-state index in [1.165, 1.54) is 16.3 Å². The molecule has 2 N–H and O–H groups in total. The zero-order valence-corrected chi connectivity index (χ0v) is 21.0. The number of carbonyl (C=O) groups excluding carboxylic acids is 2. The second-order valence-corrected chi connectivity index (χ2v) is 10.2. The zero-order valence-electron chi connectivity index (χ0n) is 21.0. The largest absolute Gasteiger partial charge is 0.459 e. The summed E-state index contributed by atoms with van der Waals surface area (Å²) in [5, 5.41) is 9.00. The second kappa shape index (κ2) is 10.5.